The third-order valence-electron chi connectivity index (χ3n) is 1.81. The van der Waals surface area contributed by atoms with Gasteiger partial charge in [-0.3, -0.25) is 0 Å². The first-order chi connectivity index (χ1) is 6.72. The molecule has 1 heteroatoms. The summed E-state index contributed by atoms with van der Waals surface area (Å²) >= 11 is 0. The van der Waals surface area contributed by atoms with Crippen LogP contribution in [-0.2, 0) is 0 Å². The third-order valence-corrected chi connectivity index (χ3v) is 1.81. The largest absolute Gasteiger partial charge is 0.193 e. The molecule has 0 saturated heterocycles. The first-order valence-corrected chi connectivity index (χ1v) is 4.54. The van der Waals surface area contributed by atoms with Gasteiger partial charge in [-0.25, -0.2) is 0 Å². The van der Waals surface area contributed by atoms with Crippen LogP contribution in [0.1, 0.15) is 19.4 Å². The molecule has 0 spiro atoms. The Kier molecular flexibility index (Phi) is 3.69. The van der Waals surface area contributed by atoms with Gasteiger partial charge in [0, 0.05) is 5.57 Å². The average molecular weight is 183 g/mol. The molecule has 0 N–H and O–H groups in total. The van der Waals surface area contributed by atoms with E-state index in [1.165, 1.54) is 0 Å². The van der Waals surface area contributed by atoms with Crippen molar-refractivity contribution in [3.8, 4) is 6.07 Å². The van der Waals surface area contributed by atoms with E-state index in [1.807, 2.05) is 50.3 Å². The van der Waals surface area contributed by atoms with Crippen molar-refractivity contribution >= 4 is 6.08 Å². The van der Waals surface area contributed by atoms with E-state index >= 15 is 0 Å². The molecule has 0 saturated carbocycles. The van der Waals surface area contributed by atoms with Crippen LogP contribution in [0.15, 0.2) is 47.6 Å². The molecule has 0 aliphatic carbocycles. The number of allylic oxidation sites excluding steroid dienone is 3. The summed E-state index contributed by atoms with van der Waals surface area (Å²) in [7, 11) is 0. The topological polar surface area (TPSA) is 23.8 Å². The minimum absolute atomic E-state index is 0.731. The zero-order valence-corrected chi connectivity index (χ0v) is 8.49. The normalized spacial score (nSPS) is 12.4. The lowest BCUT2D eigenvalue weighted by Gasteiger charge is -1.94. The third kappa shape index (κ3) is 3.28. The smallest absolute Gasteiger partial charge is 0.0944 e. The van der Waals surface area contributed by atoms with Crippen molar-refractivity contribution in [1.82, 2.24) is 0 Å². The Balaban J connectivity index is 2.86. The predicted octanol–water partition coefficient (Wildman–Crippen LogP) is 3.56. The van der Waals surface area contributed by atoms with Crippen molar-refractivity contribution < 1.29 is 0 Å². The lowest BCUT2D eigenvalue weighted by Crippen LogP contribution is -1.75. The zero-order valence-electron chi connectivity index (χ0n) is 8.49. The molecule has 0 bridgehead atoms. The van der Waals surface area contributed by atoms with Gasteiger partial charge in [0.25, 0.3) is 0 Å². The number of nitriles is 1. The second-order valence-electron chi connectivity index (χ2n) is 3.24. The fraction of sp³-hybridized carbons (Fsp3) is 0.154. The molecule has 0 heterocycles. The minimum Gasteiger partial charge on any atom is -0.193 e. The second kappa shape index (κ2) is 5.04. The van der Waals surface area contributed by atoms with E-state index in [9.17, 15) is 0 Å². The Hall–Kier alpha value is -1.81. The lowest BCUT2D eigenvalue weighted by molar-refractivity contribution is 1.41. The summed E-state index contributed by atoms with van der Waals surface area (Å²) < 4.78 is 0. The van der Waals surface area contributed by atoms with Gasteiger partial charge >= 0.3 is 0 Å². The number of hydrogen-bond acceptors (Lipinski definition) is 1. The van der Waals surface area contributed by atoms with Crippen LogP contribution >= 0.6 is 0 Å². The van der Waals surface area contributed by atoms with Crippen LogP contribution in [0.25, 0.3) is 6.08 Å². The fourth-order valence-corrected chi connectivity index (χ4v) is 1.23. The van der Waals surface area contributed by atoms with E-state index in [0.29, 0.717) is 0 Å². The minimum atomic E-state index is 0.731. The van der Waals surface area contributed by atoms with Crippen molar-refractivity contribution in [1.29, 1.82) is 5.26 Å². The zero-order chi connectivity index (χ0) is 10.4. The van der Waals surface area contributed by atoms with E-state index in [4.69, 9.17) is 5.26 Å². The van der Waals surface area contributed by atoms with Crippen molar-refractivity contribution in [2.24, 2.45) is 0 Å². The van der Waals surface area contributed by atoms with Gasteiger partial charge in [0.05, 0.1) is 6.07 Å². The van der Waals surface area contributed by atoms with Crippen molar-refractivity contribution in [2.45, 2.75) is 13.8 Å². The van der Waals surface area contributed by atoms with Crippen LogP contribution in [-0.4, -0.2) is 0 Å². The van der Waals surface area contributed by atoms with Gasteiger partial charge in [0.15, 0.2) is 0 Å². The summed E-state index contributed by atoms with van der Waals surface area (Å²) in [5, 5.41) is 8.60. The molecule has 0 aliphatic heterocycles. The molecule has 14 heavy (non-hydrogen) atoms. The highest BCUT2D eigenvalue weighted by atomic mass is 14.2. The highest BCUT2D eigenvalue weighted by Gasteiger charge is 1.88. The van der Waals surface area contributed by atoms with Crippen molar-refractivity contribution in [3.05, 3.63) is 53.1 Å². The van der Waals surface area contributed by atoms with Crippen LogP contribution in [0.5, 0.6) is 0 Å². The first kappa shape index (κ1) is 10.3. The lowest BCUT2D eigenvalue weighted by atomic mass is 10.1. The summed E-state index contributed by atoms with van der Waals surface area (Å²) in [5.41, 5.74) is 2.98. The highest BCUT2D eigenvalue weighted by molar-refractivity contribution is 5.55. The van der Waals surface area contributed by atoms with Gasteiger partial charge in [0.2, 0.25) is 0 Å². The van der Waals surface area contributed by atoms with E-state index in [1.54, 1.807) is 0 Å². The monoisotopic (exact) mass is 183 g/mol. The Morgan fingerprint density at radius 1 is 1.21 bits per heavy atom. The molecule has 0 aliphatic rings. The number of benzene rings is 1. The fourth-order valence-electron chi connectivity index (χ4n) is 1.23. The molecule has 0 radical (unpaired) electrons. The van der Waals surface area contributed by atoms with Crippen molar-refractivity contribution in [3.63, 3.8) is 0 Å². The molecule has 0 amide bonds. The summed E-state index contributed by atoms with van der Waals surface area (Å²) in [6, 6.07) is 12.2. The molecule has 0 aromatic heterocycles. The molecular formula is C13H13N. The van der Waals surface area contributed by atoms with Gasteiger partial charge in [-0.1, -0.05) is 36.4 Å². The Morgan fingerprint density at radius 3 is 2.43 bits per heavy atom. The maximum Gasteiger partial charge on any atom is 0.0944 e. The van der Waals surface area contributed by atoms with Crippen LogP contribution in [0, 0.1) is 11.3 Å². The van der Waals surface area contributed by atoms with Gasteiger partial charge in [0.1, 0.15) is 0 Å². The van der Waals surface area contributed by atoms with Gasteiger partial charge in [-0.05, 0) is 31.1 Å². The van der Waals surface area contributed by atoms with Crippen LogP contribution in [0.2, 0.25) is 0 Å². The summed E-state index contributed by atoms with van der Waals surface area (Å²) in [6.07, 6.45) is 3.94. The maximum atomic E-state index is 8.60. The molecular weight excluding hydrogens is 170 g/mol. The Morgan fingerprint density at radius 2 is 1.86 bits per heavy atom. The average Bonchev–Trinajstić information content (AvgIpc) is 2.19. The molecule has 1 aromatic rings. The molecule has 1 rings (SSSR count). The Labute approximate surface area is 85.0 Å². The molecule has 1 nitrogen and oxygen atoms in total. The van der Waals surface area contributed by atoms with Gasteiger partial charge < -0.3 is 0 Å². The second-order valence-corrected chi connectivity index (χ2v) is 3.24. The maximum absolute atomic E-state index is 8.60. The van der Waals surface area contributed by atoms with E-state index in [-0.39, 0.29) is 0 Å². The SMILES string of the molecule is CC(C#N)=CC(C)=Cc1ccccc1. The van der Waals surface area contributed by atoms with Crippen LogP contribution in [0.4, 0.5) is 0 Å². The van der Waals surface area contributed by atoms with Crippen LogP contribution in [0.3, 0.4) is 0 Å². The van der Waals surface area contributed by atoms with E-state index < -0.39 is 0 Å². The highest BCUT2D eigenvalue weighted by Crippen LogP contribution is 2.08. The molecule has 1 aromatic carbocycles. The van der Waals surface area contributed by atoms with Gasteiger partial charge in [-0.2, -0.15) is 5.26 Å². The molecule has 0 atom stereocenters. The summed E-state index contributed by atoms with van der Waals surface area (Å²) in [4.78, 5) is 0. The van der Waals surface area contributed by atoms with E-state index in [2.05, 4.69) is 12.1 Å². The van der Waals surface area contributed by atoms with Crippen molar-refractivity contribution in [2.75, 3.05) is 0 Å². The molecule has 0 fully saturated rings. The Bertz CT molecular complexity index is 391. The summed E-state index contributed by atoms with van der Waals surface area (Å²) in [5.74, 6) is 0. The standard InChI is InChI=1S/C13H13N/c1-11(8-12(2)10-14)9-13-6-4-3-5-7-13/h3-9H,1-2H3. The first-order valence-electron chi connectivity index (χ1n) is 4.54. The number of nitrogens with zero attached hydrogens (tertiary/aromatic N) is 1. The van der Waals surface area contributed by atoms with Gasteiger partial charge in [-0.15, -0.1) is 0 Å². The number of rotatable bonds is 2. The number of hydrogen-bond donors (Lipinski definition) is 0. The molecule has 70 valence electrons. The summed E-state index contributed by atoms with van der Waals surface area (Å²) in [6.45, 7) is 3.80. The quantitative estimate of drug-likeness (QED) is 0.508. The molecule has 0 unspecified atom stereocenters. The van der Waals surface area contributed by atoms with E-state index in [0.717, 1.165) is 16.7 Å². The van der Waals surface area contributed by atoms with Crippen LogP contribution < -0.4 is 0 Å². The predicted molar refractivity (Wildman–Crippen MR) is 59.5 cm³/mol.